The van der Waals surface area contributed by atoms with Crippen molar-refractivity contribution in [3.8, 4) is 11.1 Å². The molecule has 0 radical (unpaired) electrons. The largest absolute Gasteiger partial charge is 0.459 e. The quantitative estimate of drug-likeness (QED) is 0.766. The summed E-state index contributed by atoms with van der Waals surface area (Å²) in [5.41, 5.74) is 1.99. The Kier molecular flexibility index (Phi) is 3.59. The third-order valence-electron chi connectivity index (χ3n) is 2.28. The Morgan fingerprint density at radius 3 is 2.53 bits per heavy atom. The van der Waals surface area contributed by atoms with Gasteiger partial charge in [0.2, 0.25) is 0 Å². The molecule has 0 atom stereocenters. The van der Waals surface area contributed by atoms with Gasteiger partial charge in [-0.2, -0.15) is 0 Å². The molecule has 1 aromatic heterocycles. The number of esters is 1. The van der Waals surface area contributed by atoms with Gasteiger partial charge >= 0.3 is 5.97 Å². The zero-order valence-corrected chi connectivity index (χ0v) is 10.7. The highest BCUT2D eigenvalue weighted by atomic mass is 32.1. The van der Waals surface area contributed by atoms with Gasteiger partial charge in [-0.1, -0.05) is 30.3 Å². The lowest BCUT2D eigenvalue weighted by Crippen LogP contribution is -2.10. The number of carbonyl (C=O) groups excluding carboxylic acids is 1. The summed E-state index contributed by atoms with van der Waals surface area (Å²) in [5, 5.41) is 1.92. The minimum atomic E-state index is -0.242. The first-order chi connectivity index (χ1) is 8.18. The third-order valence-corrected chi connectivity index (χ3v) is 3.17. The van der Waals surface area contributed by atoms with Crippen LogP contribution in [0.1, 0.15) is 23.5 Å². The summed E-state index contributed by atoms with van der Waals surface area (Å²) in [6.45, 7) is 3.71. The highest BCUT2D eigenvalue weighted by molar-refractivity contribution is 7.12. The van der Waals surface area contributed by atoms with Crippen molar-refractivity contribution in [3.05, 3.63) is 46.7 Å². The van der Waals surface area contributed by atoms with Crippen LogP contribution < -0.4 is 0 Å². The molecule has 0 aliphatic rings. The molecule has 0 saturated carbocycles. The maximum absolute atomic E-state index is 11.9. The Morgan fingerprint density at radius 2 is 1.88 bits per heavy atom. The van der Waals surface area contributed by atoms with Gasteiger partial charge in [-0.05, 0) is 30.9 Å². The molecule has 0 unspecified atom stereocenters. The Balaban J connectivity index is 2.32. The van der Waals surface area contributed by atoms with E-state index >= 15 is 0 Å². The van der Waals surface area contributed by atoms with E-state index in [0.29, 0.717) is 4.88 Å². The number of hydrogen-bond acceptors (Lipinski definition) is 3. The van der Waals surface area contributed by atoms with Crippen LogP contribution in [0, 0.1) is 0 Å². The van der Waals surface area contributed by atoms with E-state index in [1.54, 1.807) is 0 Å². The smallest absolute Gasteiger partial charge is 0.349 e. The van der Waals surface area contributed by atoms with Gasteiger partial charge in [0.05, 0.1) is 6.10 Å². The maximum atomic E-state index is 11.9. The van der Waals surface area contributed by atoms with Crippen molar-refractivity contribution in [2.24, 2.45) is 0 Å². The normalized spacial score (nSPS) is 10.5. The van der Waals surface area contributed by atoms with E-state index in [0.717, 1.165) is 11.1 Å². The molecule has 17 heavy (non-hydrogen) atoms. The van der Waals surface area contributed by atoms with Crippen molar-refractivity contribution in [1.82, 2.24) is 0 Å². The first-order valence-electron chi connectivity index (χ1n) is 5.52. The van der Waals surface area contributed by atoms with E-state index in [2.05, 4.69) is 0 Å². The number of thiophene rings is 1. The topological polar surface area (TPSA) is 26.3 Å². The summed E-state index contributed by atoms with van der Waals surface area (Å²) >= 11 is 1.42. The SMILES string of the molecule is CC(C)OC(=O)c1sccc1-c1ccccc1. The number of benzene rings is 1. The molecular formula is C14H14O2S. The molecule has 2 nitrogen and oxygen atoms in total. The first kappa shape index (κ1) is 11.9. The summed E-state index contributed by atoms with van der Waals surface area (Å²) in [6, 6.07) is 11.8. The van der Waals surface area contributed by atoms with Gasteiger partial charge < -0.3 is 4.74 Å². The fourth-order valence-corrected chi connectivity index (χ4v) is 2.38. The molecule has 1 heterocycles. The van der Waals surface area contributed by atoms with Crippen molar-refractivity contribution in [2.75, 3.05) is 0 Å². The van der Waals surface area contributed by atoms with Crippen LogP contribution in [0.3, 0.4) is 0 Å². The number of ether oxygens (including phenoxy) is 1. The monoisotopic (exact) mass is 246 g/mol. The Hall–Kier alpha value is -1.61. The van der Waals surface area contributed by atoms with Crippen LogP contribution in [-0.4, -0.2) is 12.1 Å². The molecule has 88 valence electrons. The van der Waals surface area contributed by atoms with E-state index in [9.17, 15) is 4.79 Å². The summed E-state index contributed by atoms with van der Waals surface area (Å²) in [7, 11) is 0. The van der Waals surface area contributed by atoms with Crippen molar-refractivity contribution in [1.29, 1.82) is 0 Å². The van der Waals surface area contributed by atoms with Crippen molar-refractivity contribution < 1.29 is 9.53 Å². The zero-order chi connectivity index (χ0) is 12.3. The molecular weight excluding hydrogens is 232 g/mol. The maximum Gasteiger partial charge on any atom is 0.349 e. The number of rotatable bonds is 3. The summed E-state index contributed by atoms with van der Waals surface area (Å²) < 4.78 is 5.23. The molecule has 0 spiro atoms. The van der Waals surface area contributed by atoms with Gasteiger partial charge in [-0.15, -0.1) is 11.3 Å². The Bertz CT molecular complexity index is 500. The molecule has 2 aromatic rings. The van der Waals surface area contributed by atoms with Crippen molar-refractivity contribution in [2.45, 2.75) is 20.0 Å². The van der Waals surface area contributed by atoms with Crippen molar-refractivity contribution in [3.63, 3.8) is 0 Å². The number of hydrogen-bond donors (Lipinski definition) is 0. The van der Waals surface area contributed by atoms with Crippen molar-refractivity contribution >= 4 is 17.3 Å². The van der Waals surface area contributed by atoms with E-state index in [1.165, 1.54) is 11.3 Å². The average Bonchev–Trinajstić information content (AvgIpc) is 2.78. The predicted octanol–water partition coefficient (Wildman–Crippen LogP) is 3.98. The van der Waals surface area contributed by atoms with E-state index in [4.69, 9.17) is 4.74 Å². The van der Waals surface area contributed by atoms with E-state index < -0.39 is 0 Å². The number of carbonyl (C=O) groups is 1. The molecule has 0 saturated heterocycles. The second-order valence-corrected chi connectivity index (χ2v) is 4.90. The van der Waals surface area contributed by atoms with Crippen LogP contribution in [0.5, 0.6) is 0 Å². The molecule has 0 amide bonds. The van der Waals surface area contributed by atoms with Crippen LogP contribution in [-0.2, 0) is 4.74 Å². The lowest BCUT2D eigenvalue weighted by molar-refractivity contribution is 0.0384. The highest BCUT2D eigenvalue weighted by Gasteiger charge is 2.16. The van der Waals surface area contributed by atoms with E-state index in [-0.39, 0.29) is 12.1 Å². The third kappa shape index (κ3) is 2.74. The van der Waals surface area contributed by atoms with Crippen LogP contribution >= 0.6 is 11.3 Å². The molecule has 0 aliphatic carbocycles. The fourth-order valence-electron chi connectivity index (χ4n) is 1.58. The summed E-state index contributed by atoms with van der Waals surface area (Å²) in [4.78, 5) is 12.6. The highest BCUT2D eigenvalue weighted by Crippen LogP contribution is 2.28. The van der Waals surface area contributed by atoms with Gasteiger partial charge in [-0.3, -0.25) is 0 Å². The molecule has 0 aliphatic heterocycles. The zero-order valence-electron chi connectivity index (χ0n) is 9.84. The molecule has 2 rings (SSSR count). The molecule has 0 N–H and O–H groups in total. The van der Waals surface area contributed by atoms with Gasteiger partial charge in [-0.25, -0.2) is 4.79 Å². The lowest BCUT2D eigenvalue weighted by Gasteiger charge is -2.08. The predicted molar refractivity (Wildman–Crippen MR) is 70.3 cm³/mol. The molecule has 0 fully saturated rings. The minimum absolute atomic E-state index is 0.0896. The average molecular weight is 246 g/mol. The first-order valence-corrected chi connectivity index (χ1v) is 6.40. The molecule has 1 aromatic carbocycles. The van der Waals surface area contributed by atoms with Gasteiger partial charge in [0, 0.05) is 5.56 Å². The molecule has 3 heteroatoms. The van der Waals surface area contributed by atoms with Crippen LogP contribution in [0.4, 0.5) is 0 Å². The standard InChI is InChI=1S/C14H14O2S/c1-10(2)16-14(15)13-12(8-9-17-13)11-6-4-3-5-7-11/h3-10H,1-2H3. The summed E-state index contributed by atoms with van der Waals surface area (Å²) in [6.07, 6.45) is -0.0896. The van der Waals surface area contributed by atoms with Crippen LogP contribution in [0.15, 0.2) is 41.8 Å². The van der Waals surface area contributed by atoms with Crippen LogP contribution in [0.25, 0.3) is 11.1 Å². The lowest BCUT2D eigenvalue weighted by atomic mass is 10.1. The van der Waals surface area contributed by atoms with Gasteiger partial charge in [0.25, 0.3) is 0 Å². The minimum Gasteiger partial charge on any atom is -0.459 e. The van der Waals surface area contributed by atoms with E-state index in [1.807, 2.05) is 55.6 Å². The second kappa shape index (κ2) is 5.15. The van der Waals surface area contributed by atoms with Gasteiger partial charge in [0.15, 0.2) is 0 Å². The Morgan fingerprint density at radius 1 is 1.18 bits per heavy atom. The van der Waals surface area contributed by atoms with Gasteiger partial charge in [0.1, 0.15) is 4.88 Å². The fraction of sp³-hybridized carbons (Fsp3) is 0.214. The Labute approximate surface area is 105 Å². The molecule has 0 bridgehead atoms. The summed E-state index contributed by atoms with van der Waals surface area (Å²) in [5.74, 6) is -0.242. The second-order valence-electron chi connectivity index (χ2n) is 3.98. The van der Waals surface area contributed by atoms with Crippen LogP contribution in [0.2, 0.25) is 0 Å².